The number of Topliss-reactive ketones (excluding diaryl/α,β-unsaturated/α-hetero) is 1. The molecular formula is C21H27ClFNO3S. The maximum Gasteiger partial charge on any atom is 0.244 e. The van der Waals surface area contributed by atoms with Crippen LogP contribution in [0.1, 0.15) is 52.4 Å². The van der Waals surface area contributed by atoms with Crippen molar-refractivity contribution in [2.45, 2.75) is 62.8 Å². The van der Waals surface area contributed by atoms with Crippen molar-refractivity contribution >= 4 is 27.4 Å². The topological polar surface area (TPSA) is 63.2 Å². The number of halogens is 2. The molecule has 0 aliphatic heterocycles. The van der Waals surface area contributed by atoms with E-state index in [-0.39, 0.29) is 10.8 Å². The lowest BCUT2D eigenvalue weighted by Gasteiger charge is -2.54. The summed E-state index contributed by atoms with van der Waals surface area (Å²) >= 11 is 5.71. The van der Waals surface area contributed by atoms with Crippen LogP contribution in [0.2, 0.25) is 5.02 Å². The van der Waals surface area contributed by atoms with Crippen molar-refractivity contribution in [2.24, 2.45) is 29.6 Å². The fourth-order valence-electron chi connectivity index (χ4n) is 5.98. The molecule has 4 nitrogen and oxygen atoms in total. The third-order valence-corrected chi connectivity index (χ3v) is 9.04. The molecule has 4 aliphatic rings. The Morgan fingerprint density at radius 2 is 1.71 bits per heavy atom. The molecule has 1 aromatic carbocycles. The van der Waals surface area contributed by atoms with Gasteiger partial charge in [0.15, 0.2) is 5.78 Å². The van der Waals surface area contributed by atoms with Crippen molar-refractivity contribution in [1.82, 2.24) is 4.72 Å². The van der Waals surface area contributed by atoms with E-state index in [2.05, 4.69) is 4.72 Å². The minimum absolute atomic E-state index is 0.119. The minimum Gasteiger partial charge on any atom is -0.298 e. The second-order valence-electron chi connectivity index (χ2n) is 9.53. The van der Waals surface area contributed by atoms with Gasteiger partial charge in [-0.15, -0.1) is 0 Å². The highest BCUT2D eigenvalue weighted by molar-refractivity contribution is 7.89. The fourth-order valence-corrected chi connectivity index (χ4v) is 7.60. The highest BCUT2D eigenvalue weighted by atomic mass is 35.5. The number of rotatable bonds is 6. The van der Waals surface area contributed by atoms with Gasteiger partial charge in [0, 0.05) is 11.4 Å². The Balaban J connectivity index is 1.48. The zero-order chi connectivity index (χ0) is 20.3. The van der Waals surface area contributed by atoms with Gasteiger partial charge in [0.2, 0.25) is 10.0 Å². The molecule has 0 saturated heterocycles. The van der Waals surface area contributed by atoms with Crippen LogP contribution in [0.4, 0.5) is 4.39 Å². The van der Waals surface area contributed by atoms with Crippen molar-refractivity contribution < 1.29 is 17.6 Å². The van der Waals surface area contributed by atoms with Gasteiger partial charge in [-0.25, -0.2) is 12.8 Å². The first-order chi connectivity index (χ1) is 13.0. The largest absolute Gasteiger partial charge is 0.298 e. The van der Waals surface area contributed by atoms with Crippen molar-refractivity contribution in [2.75, 3.05) is 0 Å². The van der Waals surface area contributed by atoms with E-state index in [0.717, 1.165) is 24.0 Å². The number of ketones is 1. The number of nitrogens with one attached hydrogen (secondary N) is 1. The molecule has 0 unspecified atom stereocenters. The van der Waals surface area contributed by atoms with Crippen LogP contribution in [0, 0.1) is 35.4 Å². The van der Waals surface area contributed by atoms with E-state index in [4.69, 9.17) is 11.6 Å². The first-order valence-electron chi connectivity index (χ1n) is 10.1. The van der Waals surface area contributed by atoms with Crippen LogP contribution in [0.5, 0.6) is 0 Å². The Morgan fingerprint density at radius 3 is 2.25 bits per heavy atom. The standard InChI is InChI=1S/C21H27ClFNO3S/c1-21(2,24-28(26,27)19-4-3-16(22)10-18(19)23)20(25)11-17-14-6-12-5-13(8-14)9-15(17)7-12/h3-4,10,12-15,17,24H,5-9,11H2,1-2H3. The van der Waals surface area contributed by atoms with Crippen molar-refractivity contribution in [3.63, 3.8) is 0 Å². The summed E-state index contributed by atoms with van der Waals surface area (Å²) < 4.78 is 41.9. The fraction of sp³-hybridized carbons (Fsp3) is 0.667. The lowest BCUT2D eigenvalue weighted by atomic mass is 9.51. The average Bonchev–Trinajstić information content (AvgIpc) is 2.55. The number of sulfonamides is 1. The van der Waals surface area contributed by atoms with Crippen LogP contribution >= 0.6 is 11.6 Å². The number of hydrogen-bond donors (Lipinski definition) is 1. The zero-order valence-corrected chi connectivity index (χ0v) is 17.8. The highest BCUT2D eigenvalue weighted by Gasteiger charge is 2.49. The summed E-state index contributed by atoms with van der Waals surface area (Å²) in [7, 11) is -4.18. The zero-order valence-electron chi connectivity index (χ0n) is 16.3. The third-order valence-electron chi connectivity index (χ3n) is 7.11. The van der Waals surface area contributed by atoms with E-state index >= 15 is 0 Å². The van der Waals surface area contributed by atoms with Gasteiger partial charge in [0.1, 0.15) is 10.7 Å². The predicted molar refractivity (Wildman–Crippen MR) is 106 cm³/mol. The predicted octanol–water partition coefficient (Wildman–Crippen LogP) is 4.57. The lowest BCUT2D eigenvalue weighted by molar-refractivity contribution is -0.128. The summed E-state index contributed by atoms with van der Waals surface area (Å²) in [6, 6.07) is 3.40. The third kappa shape index (κ3) is 3.75. The molecule has 0 atom stereocenters. The van der Waals surface area contributed by atoms with E-state index in [0.29, 0.717) is 24.2 Å². The number of carbonyl (C=O) groups is 1. The number of hydrogen-bond acceptors (Lipinski definition) is 3. The molecule has 4 saturated carbocycles. The first-order valence-corrected chi connectivity index (χ1v) is 11.9. The maximum atomic E-state index is 14.1. The van der Waals surface area contributed by atoms with E-state index in [1.165, 1.54) is 38.2 Å². The molecule has 154 valence electrons. The quantitative estimate of drug-likeness (QED) is 0.723. The van der Waals surface area contributed by atoms with E-state index in [1.54, 1.807) is 13.8 Å². The normalized spacial score (nSPS) is 31.9. The molecule has 0 spiro atoms. The van der Waals surface area contributed by atoms with Gasteiger partial charge in [-0.2, -0.15) is 4.72 Å². The van der Waals surface area contributed by atoms with Crippen LogP contribution in [-0.4, -0.2) is 19.7 Å². The average molecular weight is 428 g/mol. The Morgan fingerprint density at radius 1 is 1.14 bits per heavy atom. The molecule has 4 aliphatic carbocycles. The monoisotopic (exact) mass is 427 g/mol. The van der Waals surface area contributed by atoms with E-state index in [1.807, 2.05) is 0 Å². The Kier molecular flexibility index (Phi) is 5.12. The van der Waals surface area contributed by atoms with E-state index < -0.39 is 26.3 Å². The van der Waals surface area contributed by atoms with Gasteiger partial charge < -0.3 is 0 Å². The molecule has 4 fully saturated rings. The molecule has 7 heteroatoms. The molecule has 1 aromatic rings. The molecule has 1 N–H and O–H groups in total. The second-order valence-corrected chi connectivity index (χ2v) is 11.6. The van der Waals surface area contributed by atoms with Crippen LogP contribution in [0.15, 0.2) is 23.1 Å². The molecule has 4 bridgehead atoms. The molecule has 28 heavy (non-hydrogen) atoms. The van der Waals surface area contributed by atoms with Gasteiger partial charge in [-0.3, -0.25) is 4.79 Å². The minimum atomic E-state index is -4.18. The van der Waals surface area contributed by atoms with Crippen LogP contribution in [-0.2, 0) is 14.8 Å². The molecule has 0 radical (unpaired) electrons. The Hall–Kier alpha value is -0.980. The number of carbonyl (C=O) groups excluding carboxylic acids is 1. The van der Waals surface area contributed by atoms with Crippen LogP contribution in [0.25, 0.3) is 0 Å². The molecule has 0 heterocycles. The van der Waals surface area contributed by atoms with Gasteiger partial charge >= 0.3 is 0 Å². The second kappa shape index (κ2) is 7.06. The smallest absolute Gasteiger partial charge is 0.244 e. The molecule has 5 rings (SSSR count). The SMILES string of the molecule is CC(C)(NS(=O)(=O)c1ccc(Cl)cc1F)C(=O)CC1C2CC3CC(C2)CC1C3. The Bertz CT molecular complexity index is 871. The summed E-state index contributed by atoms with van der Waals surface area (Å²) in [5, 5.41) is 0.119. The summed E-state index contributed by atoms with van der Waals surface area (Å²) in [5.41, 5.74) is -1.29. The Labute approximate surface area is 171 Å². The summed E-state index contributed by atoms with van der Waals surface area (Å²) in [6.45, 7) is 3.13. The molecular weight excluding hydrogens is 401 g/mol. The van der Waals surface area contributed by atoms with Crippen molar-refractivity contribution in [3.05, 3.63) is 29.0 Å². The highest BCUT2D eigenvalue weighted by Crippen LogP contribution is 2.57. The van der Waals surface area contributed by atoms with Crippen molar-refractivity contribution in [3.8, 4) is 0 Å². The number of benzene rings is 1. The molecule has 0 aromatic heterocycles. The maximum absolute atomic E-state index is 14.1. The summed E-state index contributed by atoms with van der Waals surface area (Å²) in [4.78, 5) is 12.6. The van der Waals surface area contributed by atoms with Crippen molar-refractivity contribution in [1.29, 1.82) is 0 Å². The van der Waals surface area contributed by atoms with Gasteiger partial charge in [-0.05, 0) is 93.7 Å². The van der Waals surface area contributed by atoms with E-state index in [9.17, 15) is 17.6 Å². The first kappa shape index (κ1) is 20.3. The van der Waals surface area contributed by atoms with Gasteiger partial charge in [0.25, 0.3) is 0 Å². The van der Waals surface area contributed by atoms with Crippen LogP contribution < -0.4 is 4.72 Å². The molecule has 0 amide bonds. The van der Waals surface area contributed by atoms with Gasteiger partial charge in [0.05, 0.1) is 5.54 Å². The van der Waals surface area contributed by atoms with Crippen LogP contribution in [0.3, 0.4) is 0 Å². The lowest BCUT2D eigenvalue weighted by Crippen LogP contribution is -2.52. The van der Waals surface area contributed by atoms with Gasteiger partial charge in [-0.1, -0.05) is 11.6 Å². The summed E-state index contributed by atoms with van der Waals surface area (Å²) in [6.07, 6.45) is 6.61. The summed E-state index contributed by atoms with van der Waals surface area (Å²) in [5.74, 6) is 2.16.